The Hall–Kier alpha value is -0.120. The molecule has 0 spiro atoms. The summed E-state index contributed by atoms with van der Waals surface area (Å²) in [4.78, 5) is 2.58. The van der Waals surface area contributed by atoms with Gasteiger partial charge in [0.1, 0.15) is 0 Å². The van der Waals surface area contributed by atoms with Crippen molar-refractivity contribution in [2.24, 2.45) is 5.92 Å². The van der Waals surface area contributed by atoms with E-state index in [0.29, 0.717) is 6.10 Å². The molecule has 0 aromatic carbocycles. The summed E-state index contributed by atoms with van der Waals surface area (Å²) in [7, 11) is 0. The van der Waals surface area contributed by atoms with E-state index in [1.54, 1.807) is 0 Å². The van der Waals surface area contributed by atoms with E-state index < -0.39 is 0 Å². The summed E-state index contributed by atoms with van der Waals surface area (Å²) in [5, 5.41) is 3.40. The van der Waals surface area contributed by atoms with Crippen LogP contribution in [0.3, 0.4) is 0 Å². The van der Waals surface area contributed by atoms with Crippen molar-refractivity contribution in [1.29, 1.82) is 0 Å². The Morgan fingerprint density at radius 2 is 2.27 bits per heavy atom. The van der Waals surface area contributed by atoms with E-state index in [2.05, 4.69) is 17.1 Å². The molecule has 2 fully saturated rings. The molecule has 0 amide bonds. The number of rotatable bonds is 2. The van der Waals surface area contributed by atoms with Crippen LogP contribution < -0.4 is 5.32 Å². The number of hydrogen-bond acceptors (Lipinski definition) is 3. The predicted molar refractivity (Wildman–Crippen MR) is 62.1 cm³/mol. The lowest BCUT2D eigenvalue weighted by Gasteiger charge is -2.29. The van der Waals surface area contributed by atoms with Crippen LogP contribution >= 0.6 is 0 Å². The van der Waals surface area contributed by atoms with Crippen molar-refractivity contribution in [2.75, 3.05) is 39.3 Å². The van der Waals surface area contributed by atoms with Crippen molar-refractivity contribution < 1.29 is 4.74 Å². The molecule has 2 unspecified atom stereocenters. The Balaban J connectivity index is 1.72. The van der Waals surface area contributed by atoms with E-state index in [0.717, 1.165) is 32.2 Å². The number of morpholine rings is 1. The van der Waals surface area contributed by atoms with Crippen molar-refractivity contribution in [2.45, 2.75) is 32.3 Å². The average molecular weight is 212 g/mol. The van der Waals surface area contributed by atoms with Crippen molar-refractivity contribution in [3.63, 3.8) is 0 Å². The van der Waals surface area contributed by atoms with Gasteiger partial charge in [-0.1, -0.05) is 6.92 Å². The maximum absolute atomic E-state index is 5.74. The van der Waals surface area contributed by atoms with Crippen LogP contribution in [0.2, 0.25) is 0 Å². The van der Waals surface area contributed by atoms with Crippen LogP contribution in [0, 0.1) is 5.92 Å². The van der Waals surface area contributed by atoms with Gasteiger partial charge in [-0.2, -0.15) is 0 Å². The molecule has 1 N–H and O–H groups in total. The molecular formula is C12H24N2O. The van der Waals surface area contributed by atoms with Crippen LogP contribution in [0.25, 0.3) is 0 Å². The second-order valence-electron chi connectivity index (χ2n) is 5.03. The van der Waals surface area contributed by atoms with E-state index in [-0.39, 0.29) is 0 Å². The van der Waals surface area contributed by atoms with Gasteiger partial charge < -0.3 is 15.0 Å². The van der Waals surface area contributed by atoms with Crippen LogP contribution in [0.1, 0.15) is 26.2 Å². The summed E-state index contributed by atoms with van der Waals surface area (Å²) in [6.07, 6.45) is 4.55. The van der Waals surface area contributed by atoms with E-state index in [1.165, 1.54) is 32.4 Å². The molecule has 3 heteroatoms. The lowest BCUT2D eigenvalue weighted by Crippen LogP contribution is -2.45. The molecule has 2 atom stereocenters. The third-order valence-corrected chi connectivity index (χ3v) is 3.58. The highest BCUT2D eigenvalue weighted by atomic mass is 16.5. The van der Waals surface area contributed by atoms with Gasteiger partial charge in [0.05, 0.1) is 12.7 Å². The zero-order chi connectivity index (χ0) is 10.5. The number of likely N-dealkylation sites (tertiary alicyclic amines) is 1. The highest BCUT2D eigenvalue weighted by Crippen LogP contribution is 2.16. The molecule has 0 saturated carbocycles. The first-order valence-corrected chi connectivity index (χ1v) is 6.39. The molecule has 88 valence electrons. The van der Waals surface area contributed by atoms with Crippen molar-refractivity contribution in [3.8, 4) is 0 Å². The molecule has 2 aliphatic heterocycles. The molecule has 2 heterocycles. The predicted octanol–water partition coefficient (Wildman–Crippen LogP) is 1.10. The van der Waals surface area contributed by atoms with Gasteiger partial charge in [0.25, 0.3) is 0 Å². The maximum Gasteiger partial charge on any atom is 0.0826 e. The van der Waals surface area contributed by atoms with Crippen molar-refractivity contribution >= 4 is 0 Å². The Morgan fingerprint density at radius 1 is 1.33 bits per heavy atom. The second kappa shape index (κ2) is 5.83. The summed E-state index contributed by atoms with van der Waals surface area (Å²) in [6.45, 7) is 8.97. The summed E-state index contributed by atoms with van der Waals surface area (Å²) in [6, 6.07) is 0. The van der Waals surface area contributed by atoms with Crippen molar-refractivity contribution in [1.82, 2.24) is 10.2 Å². The van der Waals surface area contributed by atoms with E-state index in [4.69, 9.17) is 4.74 Å². The highest BCUT2D eigenvalue weighted by molar-refractivity contribution is 4.74. The first kappa shape index (κ1) is 11.4. The molecule has 2 aliphatic rings. The SMILES string of the molecule is CC1CCCN(CC2CNCCO2)CC1. The Morgan fingerprint density at radius 3 is 3.07 bits per heavy atom. The Bertz CT molecular complexity index is 180. The van der Waals surface area contributed by atoms with Gasteiger partial charge in [0.2, 0.25) is 0 Å². The Labute approximate surface area is 93.2 Å². The monoisotopic (exact) mass is 212 g/mol. The minimum Gasteiger partial charge on any atom is -0.374 e. The summed E-state index contributed by atoms with van der Waals surface area (Å²) in [5.74, 6) is 0.917. The molecule has 15 heavy (non-hydrogen) atoms. The van der Waals surface area contributed by atoms with Gasteiger partial charge in [-0.25, -0.2) is 0 Å². The second-order valence-corrected chi connectivity index (χ2v) is 5.03. The van der Waals surface area contributed by atoms with Gasteiger partial charge in [-0.15, -0.1) is 0 Å². The van der Waals surface area contributed by atoms with Crippen LogP contribution in [-0.4, -0.2) is 50.3 Å². The third-order valence-electron chi connectivity index (χ3n) is 3.58. The molecule has 3 nitrogen and oxygen atoms in total. The Kier molecular flexibility index (Phi) is 4.42. The molecule has 0 radical (unpaired) electrons. The normalized spacial score (nSPS) is 35.0. The molecule has 2 saturated heterocycles. The van der Waals surface area contributed by atoms with Crippen LogP contribution in [0.5, 0.6) is 0 Å². The number of nitrogens with zero attached hydrogens (tertiary/aromatic N) is 1. The fraction of sp³-hybridized carbons (Fsp3) is 1.00. The zero-order valence-corrected chi connectivity index (χ0v) is 9.87. The summed E-state index contributed by atoms with van der Waals surface area (Å²) >= 11 is 0. The van der Waals surface area contributed by atoms with E-state index >= 15 is 0 Å². The number of nitrogens with one attached hydrogen (secondary N) is 1. The highest BCUT2D eigenvalue weighted by Gasteiger charge is 2.19. The number of hydrogen-bond donors (Lipinski definition) is 1. The molecule has 0 aromatic rings. The van der Waals surface area contributed by atoms with Crippen LogP contribution in [-0.2, 0) is 4.74 Å². The van der Waals surface area contributed by atoms with Gasteiger partial charge in [-0.3, -0.25) is 0 Å². The van der Waals surface area contributed by atoms with Gasteiger partial charge in [-0.05, 0) is 38.3 Å². The molecular weight excluding hydrogens is 188 g/mol. The minimum absolute atomic E-state index is 0.423. The summed E-state index contributed by atoms with van der Waals surface area (Å²) < 4.78 is 5.74. The van der Waals surface area contributed by atoms with Gasteiger partial charge in [0, 0.05) is 19.6 Å². The zero-order valence-electron chi connectivity index (χ0n) is 9.87. The third kappa shape index (κ3) is 3.74. The lowest BCUT2D eigenvalue weighted by atomic mass is 10.0. The standard InChI is InChI=1S/C12H24N2O/c1-11-3-2-6-14(7-4-11)10-12-9-13-5-8-15-12/h11-13H,2-10H2,1H3. The lowest BCUT2D eigenvalue weighted by molar-refractivity contribution is 0.00601. The smallest absolute Gasteiger partial charge is 0.0826 e. The molecule has 0 aromatic heterocycles. The van der Waals surface area contributed by atoms with Gasteiger partial charge in [0.15, 0.2) is 0 Å². The summed E-state index contributed by atoms with van der Waals surface area (Å²) in [5.41, 5.74) is 0. The fourth-order valence-corrected chi connectivity index (χ4v) is 2.53. The average Bonchev–Trinajstić information content (AvgIpc) is 2.46. The van der Waals surface area contributed by atoms with Crippen LogP contribution in [0.15, 0.2) is 0 Å². The topological polar surface area (TPSA) is 24.5 Å². The molecule has 0 aliphatic carbocycles. The van der Waals surface area contributed by atoms with Crippen LogP contribution in [0.4, 0.5) is 0 Å². The van der Waals surface area contributed by atoms with Gasteiger partial charge >= 0.3 is 0 Å². The minimum atomic E-state index is 0.423. The first-order valence-electron chi connectivity index (χ1n) is 6.39. The van der Waals surface area contributed by atoms with E-state index in [1.807, 2.05) is 0 Å². The maximum atomic E-state index is 5.74. The van der Waals surface area contributed by atoms with E-state index in [9.17, 15) is 0 Å². The van der Waals surface area contributed by atoms with Crippen molar-refractivity contribution in [3.05, 3.63) is 0 Å². The first-order chi connectivity index (χ1) is 7.34. The number of ether oxygens (including phenoxy) is 1. The molecule has 2 rings (SSSR count). The quantitative estimate of drug-likeness (QED) is 0.742. The largest absolute Gasteiger partial charge is 0.374 e. The fourth-order valence-electron chi connectivity index (χ4n) is 2.53. The molecule has 0 bridgehead atoms.